The van der Waals surface area contributed by atoms with E-state index in [-0.39, 0.29) is 5.82 Å². The van der Waals surface area contributed by atoms with E-state index in [1.54, 1.807) is 6.07 Å². The van der Waals surface area contributed by atoms with E-state index < -0.39 is 0 Å². The molecule has 1 aromatic carbocycles. The summed E-state index contributed by atoms with van der Waals surface area (Å²) in [6.45, 7) is 2.52. The molecular weight excluding hydrogens is 257 g/mol. The Bertz CT molecular complexity index is 582. The first kappa shape index (κ1) is 13.1. The van der Waals surface area contributed by atoms with Crippen LogP contribution in [0, 0.1) is 11.7 Å². The zero-order valence-electron chi connectivity index (χ0n) is 11.2. The van der Waals surface area contributed by atoms with Gasteiger partial charge in [-0.15, -0.1) is 5.10 Å². The average molecular weight is 275 g/mol. The number of aromatic nitrogens is 3. The third-order valence-corrected chi connectivity index (χ3v) is 3.71. The molecule has 1 aromatic heterocycles. The van der Waals surface area contributed by atoms with Crippen LogP contribution in [0.5, 0.6) is 0 Å². The van der Waals surface area contributed by atoms with Crippen molar-refractivity contribution < 1.29 is 4.39 Å². The van der Waals surface area contributed by atoms with Crippen molar-refractivity contribution in [2.45, 2.75) is 12.8 Å². The second kappa shape index (κ2) is 5.58. The fourth-order valence-electron chi connectivity index (χ4n) is 2.60. The van der Waals surface area contributed by atoms with Crippen LogP contribution in [0.15, 0.2) is 24.3 Å². The zero-order valence-corrected chi connectivity index (χ0v) is 11.2. The summed E-state index contributed by atoms with van der Waals surface area (Å²) in [6, 6.07) is 6.34. The molecule has 0 saturated carbocycles. The smallest absolute Gasteiger partial charge is 0.245 e. The second-order valence-corrected chi connectivity index (χ2v) is 5.18. The van der Waals surface area contributed by atoms with Crippen LogP contribution in [-0.2, 0) is 0 Å². The number of nitrogens with two attached hydrogens (primary N) is 1. The molecular formula is C14H18FN5. The summed E-state index contributed by atoms with van der Waals surface area (Å²) in [7, 11) is 0. The zero-order chi connectivity index (χ0) is 13.9. The van der Waals surface area contributed by atoms with E-state index in [2.05, 4.69) is 20.1 Å². The number of hydrogen-bond acceptors (Lipinski definition) is 4. The van der Waals surface area contributed by atoms with Crippen LogP contribution in [0.1, 0.15) is 12.8 Å². The van der Waals surface area contributed by atoms with E-state index in [1.165, 1.54) is 12.1 Å². The van der Waals surface area contributed by atoms with Gasteiger partial charge >= 0.3 is 0 Å². The summed E-state index contributed by atoms with van der Waals surface area (Å²) < 4.78 is 13.2. The van der Waals surface area contributed by atoms with Crippen molar-refractivity contribution in [3.63, 3.8) is 0 Å². The molecule has 6 heteroatoms. The molecule has 0 aliphatic carbocycles. The molecule has 1 atom stereocenters. The predicted octanol–water partition coefficient (Wildman–Crippen LogP) is 1.79. The van der Waals surface area contributed by atoms with Gasteiger partial charge in [-0.3, -0.25) is 5.10 Å². The Balaban J connectivity index is 1.80. The number of anilines is 1. The van der Waals surface area contributed by atoms with Crippen LogP contribution in [-0.4, -0.2) is 34.8 Å². The monoisotopic (exact) mass is 275 g/mol. The summed E-state index contributed by atoms with van der Waals surface area (Å²) in [5.74, 6) is 1.48. The standard InChI is InChI=1S/C14H18FN5/c15-12-5-1-4-11(7-12)13-17-14(19-18-13)20-6-2-3-10(8-16)9-20/h1,4-5,7,10H,2-3,6,8-9,16H2,(H,17,18,19). The molecule has 1 saturated heterocycles. The molecule has 0 spiro atoms. The molecule has 2 heterocycles. The molecule has 20 heavy (non-hydrogen) atoms. The van der Waals surface area contributed by atoms with Crippen LogP contribution >= 0.6 is 0 Å². The molecule has 1 aliphatic heterocycles. The first-order valence-corrected chi connectivity index (χ1v) is 6.89. The summed E-state index contributed by atoms with van der Waals surface area (Å²) in [4.78, 5) is 6.61. The molecule has 0 radical (unpaired) electrons. The molecule has 5 nitrogen and oxygen atoms in total. The Morgan fingerprint density at radius 1 is 1.45 bits per heavy atom. The van der Waals surface area contributed by atoms with Gasteiger partial charge in [-0.1, -0.05) is 12.1 Å². The van der Waals surface area contributed by atoms with Crippen molar-refractivity contribution in [2.75, 3.05) is 24.5 Å². The lowest BCUT2D eigenvalue weighted by atomic mass is 9.99. The Morgan fingerprint density at radius 2 is 2.35 bits per heavy atom. The van der Waals surface area contributed by atoms with E-state index in [9.17, 15) is 4.39 Å². The molecule has 3 rings (SSSR count). The summed E-state index contributed by atoms with van der Waals surface area (Å²) in [6.07, 6.45) is 2.26. The van der Waals surface area contributed by atoms with E-state index >= 15 is 0 Å². The Morgan fingerprint density at radius 3 is 3.15 bits per heavy atom. The van der Waals surface area contributed by atoms with Gasteiger partial charge in [0.05, 0.1) is 0 Å². The summed E-state index contributed by atoms with van der Waals surface area (Å²) in [5, 5.41) is 7.12. The third-order valence-electron chi connectivity index (χ3n) is 3.71. The lowest BCUT2D eigenvalue weighted by molar-refractivity contribution is 0.420. The van der Waals surface area contributed by atoms with Crippen LogP contribution in [0.2, 0.25) is 0 Å². The molecule has 106 valence electrons. The minimum atomic E-state index is -0.276. The van der Waals surface area contributed by atoms with Gasteiger partial charge in [0, 0.05) is 18.7 Å². The molecule has 1 unspecified atom stereocenters. The lowest BCUT2D eigenvalue weighted by Crippen LogP contribution is -2.38. The molecule has 1 fully saturated rings. The lowest BCUT2D eigenvalue weighted by Gasteiger charge is -2.31. The van der Waals surface area contributed by atoms with E-state index in [1.807, 2.05) is 6.07 Å². The number of nitrogens with zero attached hydrogens (tertiary/aromatic N) is 3. The molecule has 2 aromatic rings. The SMILES string of the molecule is NCC1CCCN(c2n[nH]c(-c3cccc(F)c3)n2)C1. The maximum atomic E-state index is 13.2. The highest BCUT2D eigenvalue weighted by Gasteiger charge is 2.21. The normalized spacial score (nSPS) is 19.3. The highest BCUT2D eigenvalue weighted by atomic mass is 19.1. The van der Waals surface area contributed by atoms with Gasteiger partial charge in [0.1, 0.15) is 5.82 Å². The van der Waals surface area contributed by atoms with Gasteiger partial charge in [0.15, 0.2) is 5.82 Å². The molecule has 3 N–H and O–H groups in total. The van der Waals surface area contributed by atoms with Crippen LogP contribution in [0.25, 0.3) is 11.4 Å². The van der Waals surface area contributed by atoms with Gasteiger partial charge in [-0.05, 0) is 37.4 Å². The minimum Gasteiger partial charge on any atom is -0.339 e. The van der Waals surface area contributed by atoms with Crippen LogP contribution in [0.4, 0.5) is 10.3 Å². The van der Waals surface area contributed by atoms with Gasteiger partial charge < -0.3 is 10.6 Å². The largest absolute Gasteiger partial charge is 0.339 e. The predicted molar refractivity (Wildman–Crippen MR) is 75.8 cm³/mol. The first-order chi connectivity index (χ1) is 9.76. The van der Waals surface area contributed by atoms with Gasteiger partial charge in [-0.2, -0.15) is 4.98 Å². The Labute approximate surface area is 117 Å². The van der Waals surface area contributed by atoms with E-state index in [4.69, 9.17) is 5.73 Å². The van der Waals surface area contributed by atoms with E-state index in [0.29, 0.717) is 29.8 Å². The number of aromatic amines is 1. The van der Waals surface area contributed by atoms with Crippen molar-refractivity contribution >= 4 is 5.95 Å². The van der Waals surface area contributed by atoms with Gasteiger partial charge in [-0.25, -0.2) is 4.39 Å². The highest BCUT2D eigenvalue weighted by Crippen LogP contribution is 2.22. The molecule has 0 bridgehead atoms. The van der Waals surface area contributed by atoms with Crippen LogP contribution < -0.4 is 10.6 Å². The summed E-state index contributed by atoms with van der Waals surface area (Å²) in [5.41, 5.74) is 6.44. The minimum absolute atomic E-state index is 0.276. The topological polar surface area (TPSA) is 70.8 Å². The van der Waals surface area contributed by atoms with Gasteiger partial charge in [0.25, 0.3) is 0 Å². The average Bonchev–Trinajstić information content (AvgIpc) is 2.97. The number of piperidine rings is 1. The Kier molecular flexibility index (Phi) is 3.64. The summed E-state index contributed by atoms with van der Waals surface area (Å²) >= 11 is 0. The molecule has 1 aliphatic rings. The fourth-order valence-corrected chi connectivity index (χ4v) is 2.60. The third kappa shape index (κ3) is 2.65. The van der Waals surface area contributed by atoms with Crippen molar-refractivity contribution in [3.8, 4) is 11.4 Å². The van der Waals surface area contributed by atoms with Crippen molar-refractivity contribution in [2.24, 2.45) is 11.7 Å². The number of benzene rings is 1. The van der Waals surface area contributed by atoms with Crippen LogP contribution in [0.3, 0.4) is 0 Å². The number of H-pyrrole nitrogens is 1. The number of hydrogen-bond donors (Lipinski definition) is 2. The number of halogens is 1. The fraction of sp³-hybridized carbons (Fsp3) is 0.429. The quantitative estimate of drug-likeness (QED) is 0.896. The maximum absolute atomic E-state index is 13.2. The van der Waals surface area contributed by atoms with E-state index in [0.717, 1.165) is 25.9 Å². The highest BCUT2D eigenvalue weighted by molar-refractivity contribution is 5.56. The van der Waals surface area contributed by atoms with Crippen molar-refractivity contribution in [1.29, 1.82) is 0 Å². The molecule has 0 amide bonds. The number of rotatable bonds is 3. The number of nitrogens with one attached hydrogen (secondary N) is 1. The Hall–Kier alpha value is -1.95. The maximum Gasteiger partial charge on any atom is 0.245 e. The first-order valence-electron chi connectivity index (χ1n) is 6.89. The van der Waals surface area contributed by atoms with Crippen molar-refractivity contribution in [3.05, 3.63) is 30.1 Å². The van der Waals surface area contributed by atoms with Gasteiger partial charge in [0.2, 0.25) is 5.95 Å². The van der Waals surface area contributed by atoms with Crippen molar-refractivity contribution in [1.82, 2.24) is 15.2 Å². The second-order valence-electron chi connectivity index (χ2n) is 5.18.